The van der Waals surface area contributed by atoms with Crippen LogP contribution in [-0.2, 0) is 21.2 Å². The van der Waals surface area contributed by atoms with E-state index in [4.69, 9.17) is 20.8 Å². The van der Waals surface area contributed by atoms with Crippen molar-refractivity contribution in [2.75, 3.05) is 23.2 Å². The first-order valence-electron chi connectivity index (χ1n) is 9.74. The van der Waals surface area contributed by atoms with Crippen LogP contribution in [0.2, 0.25) is 5.02 Å². The number of anilines is 1. The summed E-state index contributed by atoms with van der Waals surface area (Å²) in [6.07, 6.45) is 0.522. The van der Waals surface area contributed by atoms with E-state index < -0.39 is 22.6 Å². The Bertz CT molecular complexity index is 1310. The fraction of sp³-hybridized carbons (Fsp3) is 0.273. The molecule has 1 aliphatic heterocycles. The van der Waals surface area contributed by atoms with E-state index >= 15 is 0 Å². The smallest absolute Gasteiger partial charge is 0.375 e. The largest absolute Gasteiger partial charge is 0.451 e. The maximum absolute atomic E-state index is 12.6. The van der Waals surface area contributed by atoms with Gasteiger partial charge in [-0.3, -0.25) is 9.10 Å². The number of rotatable bonds is 6. The Morgan fingerprint density at radius 3 is 2.71 bits per heavy atom. The summed E-state index contributed by atoms with van der Waals surface area (Å²) in [5, 5.41) is 1.09. The third kappa shape index (κ3) is 3.81. The normalized spacial score (nSPS) is 13.5. The number of fused-ring (bicyclic) bond motifs is 2. The first-order chi connectivity index (χ1) is 14.7. The molecule has 0 spiro atoms. The number of aryl methyl sites for hydroxylation is 1. The molecule has 0 unspecified atom stereocenters. The summed E-state index contributed by atoms with van der Waals surface area (Å²) < 4.78 is 36.5. The monoisotopic (exact) mass is 461 g/mol. The van der Waals surface area contributed by atoms with Crippen molar-refractivity contribution in [2.24, 2.45) is 0 Å². The van der Waals surface area contributed by atoms with Crippen LogP contribution in [0.5, 0.6) is 0 Å². The van der Waals surface area contributed by atoms with Gasteiger partial charge in [-0.1, -0.05) is 23.7 Å². The van der Waals surface area contributed by atoms with Crippen LogP contribution >= 0.6 is 11.6 Å². The average molecular weight is 462 g/mol. The minimum Gasteiger partial charge on any atom is -0.451 e. The van der Waals surface area contributed by atoms with Crippen LogP contribution in [0.4, 0.5) is 5.69 Å². The first-order valence-corrected chi connectivity index (χ1v) is 11.7. The number of ether oxygens (including phenoxy) is 1. The first kappa shape index (κ1) is 21.4. The molecule has 0 bridgehead atoms. The number of halogens is 1. The molecule has 0 atom stereocenters. The third-order valence-electron chi connectivity index (χ3n) is 5.39. The van der Waals surface area contributed by atoms with Gasteiger partial charge in [0.1, 0.15) is 0 Å². The number of carbonyl (C=O) groups excluding carboxylic acids is 2. The molecule has 0 saturated heterocycles. The van der Waals surface area contributed by atoms with Gasteiger partial charge in [0.25, 0.3) is 0 Å². The SMILES string of the molecule is CCS(=O)(=O)N1CCc2cc(C(=O)COC(=O)c3oc4c(Cl)cccc4c3C)ccc21. The molecule has 0 radical (unpaired) electrons. The summed E-state index contributed by atoms with van der Waals surface area (Å²) in [5.41, 5.74) is 2.70. The minimum absolute atomic E-state index is 0.00488. The number of sulfonamides is 1. The minimum atomic E-state index is -3.36. The lowest BCUT2D eigenvalue weighted by Gasteiger charge is -2.18. The Labute approximate surface area is 184 Å². The quantitative estimate of drug-likeness (QED) is 0.404. The lowest BCUT2D eigenvalue weighted by molar-refractivity contribution is 0.0445. The molecule has 2 aromatic carbocycles. The standard InChI is InChI=1S/C22H20ClNO6S/c1-3-31(27,28)24-10-9-14-11-15(7-8-18(14)24)19(25)12-29-22(26)20-13(2)16-5-4-6-17(23)21(16)30-20/h4-8,11H,3,9-10,12H2,1-2H3. The number of para-hydroxylation sites is 1. The Kier molecular flexibility index (Phi) is 5.53. The highest BCUT2D eigenvalue weighted by molar-refractivity contribution is 7.92. The van der Waals surface area contributed by atoms with Crippen LogP contribution in [0.1, 0.15) is 39.0 Å². The van der Waals surface area contributed by atoms with Crippen LogP contribution in [0.25, 0.3) is 11.0 Å². The zero-order chi connectivity index (χ0) is 22.3. The maximum atomic E-state index is 12.6. The molecule has 2 heterocycles. The second kappa shape index (κ2) is 8.01. The van der Waals surface area contributed by atoms with E-state index in [1.165, 1.54) is 4.31 Å². The fourth-order valence-corrected chi connectivity index (χ4v) is 5.05. The van der Waals surface area contributed by atoms with Crippen molar-refractivity contribution in [1.29, 1.82) is 0 Å². The Balaban J connectivity index is 1.48. The van der Waals surface area contributed by atoms with E-state index in [1.807, 2.05) is 0 Å². The van der Waals surface area contributed by atoms with E-state index in [0.717, 1.165) is 5.56 Å². The van der Waals surface area contributed by atoms with Gasteiger partial charge in [-0.05, 0) is 50.1 Å². The number of hydrogen-bond donors (Lipinski definition) is 0. The van der Waals surface area contributed by atoms with Gasteiger partial charge in [-0.2, -0.15) is 0 Å². The molecule has 0 N–H and O–H groups in total. The van der Waals surface area contributed by atoms with Crippen molar-refractivity contribution in [3.05, 3.63) is 63.9 Å². The van der Waals surface area contributed by atoms with Crippen molar-refractivity contribution in [2.45, 2.75) is 20.3 Å². The lowest BCUT2D eigenvalue weighted by atomic mass is 10.1. The molecule has 1 aromatic heterocycles. The zero-order valence-electron chi connectivity index (χ0n) is 17.0. The fourth-order valence-electron chi connectivity index (χ4n) is 3.67. The van der Waals surface area contributed by atoms with Crippen LogP contribution < -0.4 is 4.31 Å². The summed E-state index contributed by atoms with van der Waals surface area (Å²) in [5.74, 6) is -1.13. The van der Waals surface area contributed by atoms with Gasteiger partial charge in [0.05, 0.1) is 16.5 Å². The highest BCUT2D eigenvalue weighted by Crippen LogP contribution is 2.32. The number of nitrogens with zero attached hydrogens (tertiary/aromatic N) is 1. The number of benzene rings is 2. The molecule has 0 saturated carbocycles. The molecule has 0 aliphatic carbocycles. The van der Waals surface area contributed by atoms with Gasteiger partial charge in [-0.15, -0.1) is 0 Å². The van der Waals surface area contributed by atoms with Gasteiger partial charge in [0, 0.05) is 23.1 Å². The average Bonchev–Trinajstić information content (AvgIpc) is 3.34. The molecule has 162 valence electrons. The maximum Gasteiger partial charge on any atom is 0.375 e. The summed E-state index contributed by atoms with van der Waals surface area (Å²) in [7, 11) is -3.36. The molecule has 1 aliphatic rings. The molecule has 0 fully saturated rings. The zero-order valence-corrected chi connectivity index (χ0v) is 18.5. The summed E-state index contributed by atoms with van der Waals surface area (Å²) in [6.45, 7) is 3.21. The number of esters is 1. The molecule has 7 nitrogen and oxygen atoms in total. The van der Waals surface area contributed by atoms with Gasteiger partial charge >= 0.3 is 5.97 Å². The molecule has 3 aromatic rings. The molecule has 31 heavy (non-hydrogen) atoms. The Morgan fingerprint density at radius 2 is 2.00 bits per heavy atom. The predicted octanol–water partition coefficient (Wildman–Crippen LogP) is 4.15. The molecular weight excluding hydrogens is 442 g/mol. The predicted molar refractivity (Wildman–Crippen MR) is 118 cm³/mol. The number of carbonyl (C=O) groups is 2. The van der Waals surface area contributed by atoms with Crippen molar-refractivity contribution < 1.29 is 27.2 Å². The highest BCUT2D eigenvalue weighted by Gasteiger charge is 2.29. The van der Waals surface area contributed by atoms with Crippen LogP contribution in [0.15, 0.2) is 40.8 Å². The Hall–Kier alpha value is -2.84. The third-order valence-corrected chi connectivity index (χ3v) is 7.47. The van der Waals surface area contributed by atoms with Crippen molar-refractivity contribution in [3.8, 4) is 0 Å². The highest BCUT2D eigenvalue weighted by atomic mass is 35.5. The molecule has 9 heteroatoms. The van der Waals surface area contributed by atoms with E-state index in [9.17, 15) is 18.0 Å². The van der Waals surface area contributed by atoms with Crippen molar-refractivity contribution >= 4 is 50.0 Å². The Morgan fingerprint density at radius 1 is 1.23 bits per heavy atom. The summed E-state index contributed by atoms with van der Waals surface area (Å²) >= 11 is 6.11. The number of Topliss-reactive ketones (excluding diaryl/α,β-unsaturated/α-hetero) is 1. The van der Waals surface area contributed by atoms with Crippen LogP contribution in [-0.4, -0.2) is 39.1 Å². The van der Waals surface area contributed by atoms with Gasteiger partial charge < -0.3 is 9.15 Å². The van der Waals surface area contributed by atoms with Gasteiger partial charge in [0.15, 0.2) is 18.0 Å². The van der Waals surface area contributed by atoms with Gasteiger partial charge in [-0.25, -0.2) is 13.2 Å². The van der Waals surface area contributed by atoms with E-state index in [2.05, 4.69) is 0 Å². The molecule has 0 amide bonds. The van der Waals surface area contributed by atoms with Crippen LogP contribution in [0.3, 0.4) is 0 Å². The van der Waals surface area contributed by atoms with E-state index in [1.54, 1.807) is 50.2 Å². The van der Waals surface area contributed by atoms with Crippen molar-refractivity contribution in [1.82, 2.24) is 0 Å². The van der Waals surface area contributed by atoms with Crippen LogP contribution in [0, 0.1) is 6.92 Å². The molecule has 4 rings (SSSR count). The summed E-state index contributed by atoms with van der Waals surface area (Å²) in [4.78, 5) is 25.0. The summed E-state index contributed by atoms with van der Waals surface area (Å²) in [6, 6.07) is 10.0. The number of ketones is 1. The second-order valence-electron chi connectivity index (χ2n) is 7.24. The van der Waals surface area contributed by atoms with E-state index in [-0.39, 0.29) is 17.3 Å². The van der Waals surface area contributed by atoms with E-state index in [0.29, 0.717) is 45.8 Å². The molecular formula is C22H20ClNO6S. The topological polar surface area (TPSA) is 93.9 Å². The number of hydrogen-bond acceptors (Lipinski definition) is 6. The van der Waals surface area contributed by atoms with Gasteiger partial charge in [0.2, 0.25) is 15.8 Å². The number of furan rings is 1. The lowest BCUT2D eigenvalue weighted by Crippen LogP contribution is -2.30. The second-order valence-corrected chi connectivity index (χ2v) is 9.83. The van der Waals surface area contributed by atoms with Crippen molar-refractivity contribution in [3.63, 3.8) is 0 Å².